The fourth-order valence-corrected chi connectivity index (χ4v) is 10.6. The molecule has 0 atom stereocenters. The number of nitrogens with zero attached hydrogens (tertiary/aromatic N) is 2. The van der Waals surface area contributed by atoms with E-state index in [0.717, 1.165) is 72.3 Å². The van der Waals surface area contributed by atoms with Gasteiger partial charge in [-0.15, -0.1) is 0 Å². The molecule has 10 aromatic carbocycles. The first-order valence-corrected chi connectivity index (χ1v) is 22.6. The lowest BCUT2D eigenvalue weighted by molar-refractivity contribution is 0.670. The van der Waals surface area contributed by atoms with E-state index in [1.54, 1.807) is 0 Å². The van der Waals surface area contributed by atoms with Gasteiger partial charge in [-0.1, -0.05) is 206 Å². The number of fused-ring (bicyclic) bond motifs is 7. The van der Waals surface area contributed by atoms with Crippen LogP contribution >= 0.6 is 0 Å². The maximum absolute atomic E-state index is 6.67. The minimum Gasteiger partial charge on any atom is -0.455 e. The summed E-state index contributed by atoms with van der Waals surface area (Å²) in [5.74, 6) is 0.667. The SMILES string of the molecule is c1ccc(-c2nc(-c3cc(-c4cccc5ccccc45)cc(-c4cccc5c4oc4ccccc45)c3)cc(-c3ccc4c(c3)C(c3ccccc3)(c3ccccc3)c3ccccc3-4)n2)cc1. The number of hydrogen-bond acceptors (Lipinski definition) is 3. The molecule has 3 nitrogen and oxygen atoms in total. The van der Waals surface area contributed by atoms with Crippen molar-refractivity contribution in [3.05, 3.63) is 265 Å². The zero-order valence-electron chi connectivity index (χ0n) is 35.9. The smallest absolute Gasteiger partial charge is 0.160 e. The third-order valence-corrected chi connectivity index (χ3v) is 13.6. The second-order valence-electron chi connectivity index (χ2n) is 17.2. The van der Waals surface area contributed by atoms with Gasteiger partial charge in [0.25, 0.3) is 0 Å². The highest BCUT2D eigenvalue weighted by atomic mass is 16.3. The van der Waals surface area contributed by atoms with Crippen LogP contribution in [0.25, 0.3) is 100.0 Å². The zero-order valence-corrected chi connectivity index (χ0v) is 35.9. The molecule has 0 spiro atoms. The fraction of sp³-hybridized carbons (Fsp3) is 0.0159. The number of aromatic nitrogens is 2. The van der Waals surface area contributed by atoms with Crippen molar-refractivity contribution in [3.63, 3.8) is 0 Å². The highest BCUT2D eigenvalue weighted by Gasteiger charge is 2.46. The van der Waals surface area contributed by atoms with Gasteiger partial charge in [-0.3, -0.25) is 0 Å². The van der Waals surface area contributed by atoms with Gasteiger partial charge in [-0.05, 0) is 97.2 Å². The van der Waals surface area contributed by atoms with Gasteiger partial charge in [0.2, 0.25) is 0 Å². The summed E-state index contributed by atoms with van der Waals surface area (Å²) < 4.78 is 6.67. The van der Waals surface area contributed by atoms with Gasteiger partial charge in [0.05, 0.1) is 16.8 Å². The lowest BCUT2D eigenvalue weighted by Crippen LogP contribution is -2.28. The predicted octanol–water partition coefficient (Wildman–Crippen LogP) is 16.2. The third-order valence-electron chi connectivity index (χ3n) is 13.6. The molecule has 0 amide bonds. The lowest BCUT2D eigenvalue weighted by atomic mass is 9.67. The Bertz CT molecular complexity index is 3770. The summed E-state index contributed by atoms with van der Waals surface area (Å²) in [5, 5.41) is 4.58. The molecule has 308 valence electrons. The predicted molar refractivity (Wildman–Crippen MR) is 271 cm³/mol. The average molecular weight is 841 g/mol. The largest absolute Gasteiger partial charge is 0.455 e. The Morgan fingerprint density at radius 1 is 0.318 bits per heavy atom. The summed E-state index contributed by atoms with van der Waals surface area (Å²) >= 11 is 0. The number of benzene rings is 10. The van der Waals surface area contributed by atoms with Crippen molar-refractivity contribution >= 4 is 32.7 Å². The second-order valence-corrected chi connectivity index (χ2v) is 17.2. The van der Waals surface area contributed by atoms with Crippen LogP contribution in [-0.2, 0) is 5.41 Å². The highest BCUT2D eigenvalue weighted by molar-refractivity contribution is 6.10. The van der Waals surface area contributed by atoms with E-state index in [-0.39, 0.29) is 0 Å². The van der Waals surface area contributed by atoms with Gasteiger partial charge >= 0.3 is 0 Å². The zero-order chi connectivity index (χ0) is 43.6. The van der Waals surface area contributed by atoms with Crippen molar-refractivity contribution in [2.45, 2.75) is 5.41 Å². The second kappa shape index (κ2) is 15.3. The molecule has 0 radical (unpaired) electrons. The molecule has 13 rings (SSSR count). The Labute approximate surface area is 383 Å². The van der Waals surface area contributed by atoms with Gasteiger partial charge < -0.3 is 4.42 Å². The van der Waals surface area contributed by atoms with Crippen molar-refractivity contribution in [1.82, 2.24) is 9.97 Å². The molecule has 2 heterocycles. The molecule has 2 aromatic heterocycles. The molecule has 0 aliphatic heterocycles. The van der Waals surface area contributed by atoms with Crippen LogP contribution in [0.3, 0.4) is 0 Å². The molecule has 0 saturated carbocycles. The quantitative estimate of drug-likeness (QED) is 0.160. The molecule has 66 heavy (non-hydrogen) atoms. The number of furan rings is 1. The molecular weight excluding hydrogens is 801 g/mol. The minimum absolute atomic E-state index is 0.540. The van der Waals surface area contributed by atoms with E-state index >= 15 is 0 Å². The minimum atomic E-state index is -0.540. The van der Waals surface area contributed by atoms with E-state index in [2.05, 4.69) is 224 Å². The topological polar surface area (TPSA) is 38.9 Å². The summed E-state index contributed by atoms with van der Waals surface area (Å²) in [5.41, 5.74) is 17.6. The Kier molecular flexibility index (Phi) is 8.75. The molecular formula is C63H40N2O. The fourth-order valence-electron chi connectivity index (χ4n) is 10.6. The number of rotatable bonds is 7. The first kappa shape index (κ1) is 37.9. The number of para-hydroxylation sites is 2. The van der Waals surface area contributed by atoms with Crippen molar-refractivity contribution in [3.8, 4) is 67.3 Å². The van der Waals surface area contributed by atoms with Crippen LogP contribution in [-0.4, -0.2) is 9.97 Å². The van der Waals surface area contributed by atoms with Crippen LogP contribution in [0.2, 0.25) is 0 Å². The molecule has 0 fully saturated rings. The lowest BCUT2D eigenvalue weighted by Gasteiger charge is -2.34. The Hall–Kier alpha value is -8.66. The van der Waals surface area contributed by atoms with E-state index in [1.807, 2.05) is 18.2 Å². The van der Waals surface area contributed by atoms with Crippen LogP contribution in [0.1, 0.15) is 22.3 Å². The molecule has 0 N–H and O–H groups in total. The van der Waals surface area contributed by atoms with Gasteiger partial charge in [-0.25, -0.2) is 9.97 Å². The van der Waals surface area contributed by atoms with E-state index in [9.17, 15) is 0 Å². The van der Waals surface area contributed by atoms with Crippen molar-refractivity contribution in [1.29, 1.82) is 0 Å². The first-order valence-electron chi connectivity index (χ1n) is 22.6. The van der Waals surface area contributed by atoms with Gasteiger partial charge in [0, 0.05) is 33.0 Å². The Morgan fingerprint density at radius 3 is 1.65 bits per heavy atom. The molecule has 3 heteroatoms. The average Bonchev–Trinajstić information content (AvgIpc) is 3.93. The van der Waals surface area contributed by atoms with Crippen LogP contribution in [0.15, 0.2) is 247 Å². The molecule has 0 saturated heterocycles. The maximum Gasteiger partial charge on any atom is 0.160 e. The van der Waals surface area contributed by atoms with Gasteiger partial charge in [0.1, 0.15) is 11.2 Å². The van der Waals surface area contributed by atoms with Gasteiger partial charge in [0.15, 0.2) is 5.82 Å². The monoisotopic (exact) mass is 840 g/mol. The van der Waals surface area contributed by atoms with Crippen LogP contribution < -0.4 is 0 Å². The van der Waals surface area contributed by atoms with Crippen LogP contribution in [0, 0.1) is 0 Å². The van der Waals surface area contributed by atoms with Crippen molar-refractivity contribution in [2.24, 2.45) is 0 Å². The molecule has 12 aromatic rings. The van der Waals surface area contributed by atoms with Crippen LogP contribution in [0.5, 0.6) is 0 Å². The standard InChI is InChI=1S/C63H40N2O/c1-4-19-42(20-5-1)62-64-58(43-34-35-53-52-27-12-14-32-56(52)63(57(53)39-43,47-22-6-2-7-23-47)48-24-8-3-9-25-48)40-59(65-62)46-37-44(50-29-16-21-41-18-10-11-26-49(41)50)36-45(38-46)51-30-17-31-55-54-28-13-15-33-60(54)66-61(51)55/h1-40H. The summed E-state index contributed by atoms with van der Waals surface area (Å²) in [6.07, 6.45) is 0. The third kappa shape index (κ3) is 5.98. The van der Waals surface area contributed by atoms with Crippen molar-refractivity contribution < 1.29 is 4.42 Å². The van der Waals surface area contributed by atoms with Crippen molar-refractivity contribution in [2.75, 3.05) is 0 Å². The van der Waals surface area contributed by atoms with Gasteiger partial charge in [-0.2, -0.15) is 0 Å². The van der Waals surface area contributed by atoms with Crippen LogP contribution in [0.4, 0.5) is 0 Å². The molecule has 0 bridgehead atoms. The molecule has 1 aliphatic carbocycles. The highest BCUT2D eigenvalue weighted by Crippen LogP contribution is 2.56. The summed E-state index contributed by atoms with van der Waals surface area (Å²) in [6.45, 7) is 0. The summed E-state index contributed by atoms with van der Waals surface area (Å²) in [7, 11) is 0. The molecule has 1 aliphatic rings. The first-order chi connectivity index (χ1) is 32.7. The Morgan fingerprint density at radius 2 is 0.864 bits per heavy atom. The Balaban J connectivity index is 1.06. The van der Waals surface area contributed by atoms with E-state index < -0.39 is 5.41 Å². The van der Waals surface area contributed by atoms with E-state index in [0.29, 0.717) is 5.82 Å². The van der Waals surface area contributed by atoms with E-state index in [1.165, 1.54) is 44.2 Å². The summed E-state index contributed by atoms with van der Waals surface area (Å²) in [6, 6.07) is 87.0. The maximum atomic E-state index is 6.67. The molecule has 0 unspecified atom stereocenters. The van der Waals surface area contributed by atoms with E-state index in [4.69, 9.17) is 14.4 Å². The normalized spacial score (nSPS) is 12.7. The number of hydrogen-bond donors (Lipinski definition) is 0. The summed E-state index contributed by atoms with van der Waals surface area (Å²) in [4.78, 5) is 10.8.